The minimum Gasteiger partial charge on any atom is -0.415 e. The predicted molar refractivity (Wildman–Crippen MR) is 100 cm³/mol. The van der Waals surface area contributed by atoms with Gasteiger partial charge in [-0.1, -0.05) is 31.2 Å². The van der Waals surface area contributed by atoms with E-state index in [9.17, 15) is 4.79 Å². The quantitative estimate of drug-likeness (QED) is 0.709. The molecule has 0 N–H and O–H groups in total. The van der Waals surface area contributed by atoms with E-state index in [-0.39, 0.29) is 5.91 Å². The maximum absolute atomic E-state index is 11.8. The van der Waals surface area contributed by atoms with Gasteiger partial charge >= 0.3 is 0 Å². The molecule has 0 atom stereocenters. The number of rotatable bonds is 4. The third kappa shape index (κ3) is 3.62. The number of aromatic nitrogens is 4. The molecule has 7 heteroatoms. The molecule has 0 fully saturated rings. The smallest absolute Gasteiger partial charge is 0.268 e. The largest absolute Gasteiger partial charge is 0.415 e. The van der Waals surface area contributed by atoms with Gasteiger partial charge in [0, 0.05) is 25.1 Å². The first-order chi connectivity index (χ1) is 13.2. The zero-order valence-electron chi connectivity index (χ0n) is 15.0. The van der Waals surface area contributed by atoms with Crippen molar-refractivity contribution in [3.8, 4) is 23.0 Å². The number of amides is 1. The van der Waals surface area contributed by atoms with Crippen molar-refractivity contribution in [3.63, 3.8) is 0 Å². The highest BCUT2D eigenvalue weighted by Crippen LogP contribution is 2.25. The summed E-state index contributed by atoms with van der Waals surface area (Å²) < 4.78 is 5.76. The molecule has 0 saturated carbocycles. The first kappa shape index (κ1) is 17.1. The zero-order valence-corrected chi connectivity index (χ0v) is 15.0. The molecule has 0 radical (unpaired) electrons. The Morgan fingerprint density at radius 1 is 1.11 bits per heavy atom. The third-order valence-electron chi connectivity index (χ3n) is 4.49. The van der Waals surface area contributed by atoms with Crippen LogP contribution in [0.5, 0.6) is 0 Å². The molecule has 1 amide bonds. The molecule has 136 valence electrons. The number of hydrogen-bond donors (Lipinski definition) is 0. The van der Waals surface area contributed by atoms with E-state index in [1.807, 2.05) is 48.2 Å². The topological polar surface area (TPSA) is 85.0 Å². The van der Waals surface area contributed by atoms with Gasteiger partial charge in [0.1, 0.15) is 5.69 Å². The van der Waals surface area contributed by atoms with E-state index in [1.54, 1.807) is 12.4 Å². The fourth-order valence-corrected chi connectivity index (χ4v) is 3.00. The molecule has 0 aliphatic carbocycles. The lowest BCUT2D eigenvalue weighted by Gasteiger charge is -2.25. The second-order valence-electron chi connectivity index (χ2n) is 6.24. The number of nitrogens with zero attached hydrogens (tertiary/aromatic N) is 5. The van der Waals surface area contributed by atoms with Crippen LogP contribution in [0.1, 0.15) is 25.5 Å². The Hall–Kier alpha value is -3.35. The highest BCUT2D eigenvalue weighted by atomic mass is 16.4. The summed E-state index contributed by atoms with van der Waals surface area (Å²) in [6.45, 7) is 3.18. The number of carbonyl (C=O) groups is 1. The van der Waals surface area contributed by atoms with Crippen LogP contribution in [0.2, 0.25) is 0 Å². The average molecular weight is 361 g/mol. The van der Waals surface area contributed by atoms with Crippen molar-refractivity contribution in [2.75, 3.05) is 13.1 Å². The fraction of sp³-hybridized carbons (Fsp3) is 0.250. The molecule has 0 saturated heterocycles. The fourth-order valence-electron chi connectivity index (χ4n) is 3.00. The van der Waals surface area contributed by atoms with Gasteiger partial charge in [-0.2, -0.15) is 0 Å². The van der Waals surface area contributed by atoms with Crippen molar-refractivity contribution in [2.24, 2.45) is 0 Å². The van der Waals surface area contributed by atoms with Gasteiger partial charge in [0.25, 0.3) is 5.89 Å². The van der Waals surface area contributed by atoms with Gasteiger partial charge in [0.15, 0.2) is 0 Å². The summed E-state index contributed by atoms with van der Waals surface area (Å²) in [5.41, 5.74) is 3.24. The van der Waals surface area contributed by atoms with Crippen molar-refractivity contribution >= 4 is 11.5 Å². The normalized spacial score (nSPS) is 14.1. The van der Waals surface area contributed by atoms with Crippen molar-refractivity contribution < 1.29 is 9.21 Å². The van der Waals surface area contributed by atoms with E-state index in [0.29, 0.717) is 37.0 Å². The minimum atomic E-state index is 0.171. The average Bonchev–Trinajstić information content (AvgIpc) is 3.24. The van der Waals surface area contributed by atoms with E-state index in [4.69, 9.17) is 4.42 Å². The molecule has 3 heterocycles. The van der Waals surface area contributed by atoms with E-state index in [0.717, 1.165) is 23.3 Å². The van der Waals surface area contributed by atoms with E-state index < -0.39 is 0 Å². The first-order valence-corrected chi connectivity index (χ1v) is 8.93. The molecule has 1 aliphatic rings. The summed E-state index contributed by atoms with van der Waals surface area (Å²) >= 11 is 0. The van der Waals surface area contributed by atoms with Crippen LogP contribution in [0.3, 0.4) is 0 Å². The minimum absolute atomic E-state index is 0.171. The van der Waals surface area contributed by atoms with Crippen LogP contribution in [-0.2, 0) is 4.79 Å². The monoisotopic (exact) mass is 361 g/mol. The number of carbonyl (C=O) groups excluding carboxylic acids is 1. The molecule has 27 heavy (non-hydrogen) atoms. The first-order valence-electron chi connectivity index (χ1n) is 8.93. The Bertz CT molecular complexity index is 981. The van der Waals surface area contributed by atoms with Gasteiger partial charge in [-0.15, -0.1) is 10.2 Å². The molecule has 1 aromatic carbocycles. The van der Waals surface area contributed by atoms with Crippen molar-refractivity contribution in [1.82, 2.24) is 25.1 Å². The summed E-state index contributed by atoms with van der Waals surface area (Å²) in [7, 11) is 0. The van der Waals surface area contributed by atoms with Crippen LogP contribution >= 0.6 is 0 Å². The summed E-state index contributed by atoms with van der Waals surface area (Å²) in [6.07, 6.45) is 6.65. The molecular formula is C20H19N5O2. The maximum atomic E-state index is 11.8. The summed E-state index contributed by atoms with van der Waals surface area (Å²) in [5, 5.41) is 8.20. The van der Waals surface area contributed by atoms with Gasteiger partial charge in [-0.3, -0.25) is 9.78 Å². The molecule has 2 aromatic heterocycles. The van der Waals surface area contributed by atoms with Gasteiger partial charge in [0.05, 0.1) is 18.1 Å². The molecule has 0 bridgehead atoms. The van der Waals surface area contributed by atoms with Crippen LogP contribution in [0.4, 0.5) is 0 Å². The molecule has 0 unspecified atom stereocenters. The molecule has 7 nitrogen and oxygen atoms in total. The lowest BCUT2D eigenvalue weighted by Crippen LogP contribution is -2.34. The number of benzene rings is 1. The molecule has 4 rings (SSSR count). The lowest BCUT2D eigenvalue weighted by molar-refractivity contribution is -0.130. The Morgan fingerprint density at radius 3 is 2.63 bits per heavy atom. The predicted octanol–water partition coefficient (Wildman–Crippen LogP) is 3.22. The van der Waals surface area contributed by atoms with Crippen LogP contribution < -0.4 is 0 Å². The third-order valence-corrected chi connectivity index (χ3v) is 4.49. The second-order valence-corrected chi connectivity index (χ2v) is 6.24. The Morgan fingerprint density at radius 2 is 1.89 bits per heavy atom. The zero-order chi connectivity index (χ0) is 18.6. The van der Waals surface area contributed by atoms with Crippen LogP contribution in [-0.4, -0.2) is 44.1 Å². The van der Waals surface area contributed by atoms with Gasteiger partial charge in [0.2, 0.25) is 11.8 Å². The van der Waals surface area contributed by atoms with Crippen molar-refractivity contribution in [1.29, 1.82) is 0 Å². The molecular weight excluding hydrogens is 342 g/mol. The standard InChI is InChI=1S/C20H19N5O2/c1-2-18(26)25-10-8-14(9-11-25)16-12-21-13-17(22-16)20-24-23-19(27-20)15-6-4-3-5-7-15/h3-8,12-13H,2,9-11H2,1H3. The lowest BCUT2D eigenvalue weighted by atomic mass is 10.0. The van der Waals surface area contributed by atoms with Crippen molar-refractivity contribution in [2.45, 2.75) is 19.8 Å². The van der Waals surface area contributed by atoms with Crippen molar-refractivity contribution in [3.05, 3.63) is 54.5 Å². The second kappa shape index (κ2) is 7.49. The molecule has 0 spiro atoms. The SMILES string of the molecule is CCC(=O)N1CC=C(c2cncc(-c3nnc(-c4ccccc4)o3)n2)CC1. The highest BCUT2D eigenvalue weighted by Gasteiger charge is 2.18. The van der Waals surface area contributed by atoms with E-state index >= 15 is 0 Å². The van der Waals surface area contributed by atoms with E-state index in [2.05, 4.69) is 20.2 Å². The van der Waals surface area contributed by atoms with Crippen LogP contribution in [0.15, 0.2) is 53.2 Å². The molecule has 3 aromatic rings. The Balaban J connectivity index is 1.56. The van der Waals surface area contributed by atoms with Crippen LogP contribution in [0.25, 0.3) is 28.6 Å². The summed E-state index contributed by atoms with van der Waals surface area (Å²) in [6, 6.07) is 9.59. The van der Waals surface area contributed by atoms with E-state index in [1.165, 1.54) is 0 Å². The Labute approximate surface area is 156 Å². The number of hydrogen-bond acceptors (Lipinski definition) is 6. The van der Waals surface area contributed by atoms with Gasteiger partial charge in [-0.25, -0.2) is 4.98 Å². The summed E-state index contributed by atoms with van der Waals surface area (Å²) in [4.78, 5) is 22.6. The summed E-state index contributed by atoms with van der Waals surface area (Å²) in [5.74, 6) is 0.954. The molecule has 1 aliphatic heterocycles. The van der Waals surface area contributed by atoms with Gasteiger partial charge < -0.3 is 9.32 Å². The Kier molecular flexibility index (Phi) is 4.74. The maximum Gasteiger partial charge on any atom is 0.268 e. The van der Waals surface area contributed by atoms with Gasteiger partial charge in [-0.05, 0) is 24.1 Å². The highest BCUT2D eigenvalue weighted by molar-refractivity contribution is 5.77. The van der Waals surface area contributed by atoms with Crippen LogP contribution in [0, 0.1) is 0 Å².